The van der Waals surface area contributed by atoms with Crippen molar-refractivity contribution in [2.24, 2.45) is 0 Å². The Balaban J connectivity index is 2.39. The summed E-state index contributed by atoms with van der Waals surface area (Å²) in [6.07, 6.45) is 0.674. The predicted molar refractivity (Wildman–Crippen MR) is 71.4 cm³/mol. The lowest BCUT2D eigenvalue weighted by Crippen LogP contribution is -2.45. The van der Waals surface area contributed by atoms with Crippen LogP contribution in [0.3, 0.4) is 0 Å². The highest BCUT2D eigenvalue weighted by Gasteiger charge is 2.24. The van der Waals surface area contributed by atoms with E-state index in [-0.39, 0.29) is 12.3 Å². The minimum absolute atomic E-state index is 0.140. The van der Waals surface area contributed by atoms with Gasteiger partial charge in [-0.3, -0.25) is 0 Å². The third-order valence-electron chi connectivity index (χ3n) is 2.56. The first-order valence-corrected chi connectivity index (χ1v) is 9.26. The van der Waals surface area contributed by atoms with Gasteiger partial charge in [0.1, 0.15) is 0 Å². The number of hydrogen-bond donors (Lipinski definition) is 2. The molecule has 1 saturated heterocycles. The van der Waals surface area contributed by atoms with E-state index >= 15 is 0 Å². The molecule has 0 bridgehead atoms. The molecule has 19 heavy (non-hydrogen) atoms. The lowest BCUT2D eigenvalue weighted by atomic mass is 10.5. The average molecular weight is 315 g/mol. The molecule has 0 aliphatic carbocycles. The summed E-state index contributed by atoms with van der Waals surface area (Å²) >= 11 is 0. The maximum atomic E-state index is 11.9. The van der Waals surface area contributed by atoms with E-state index in [1.54, 1.807) is 0 Å². The van der Waals surface area contributed by atoms with Crippen LogP contribution in [0.15, 0.2) is 0 Å². The topological polar surface area (TPSA) is 105 Å². The first-order valence-electron chi connectivity index (χ1n) is 6.17. The Morgan fingerprint density at radius 3 is 2.21 bits per heavy atom. The third kappa shape index (κ3) is 6.15. The molecule has 1 fully saturated rings. The Kier molecular flexibility index (Phi) is 6.63. The van der Waals surface area contributed by atoms with Crippen molar-refractivity contribution in [2.75, 3.05) is 45.1 Å². The first kappa shape index (κ1) is 16.8. The molecular weight excluding hydrogens is 294 g/mol. The van der Waals surface area contributed by atoms with Gasteiger partial charge in [-0.2, -0.15) is 12.7 Å². The molecule has 0 atom stereocenters. The van der Waals surface area contributed by atoms with Crippen LogP contribution in [0.5, 0.6) is 0 Å². The van der Waals surface area contributed by atoms with Crippen LogP contribution in [0.25, 0.3) is 0 Å². The largest absolute Gasteiger partial charge is 0.379 e. The summed E-state index contributed by atoms with van der Waals surface area (Å²) in [5.41, 5.74) is 0. The fraction of sp³-hybridized carbons (Fsp3) is 1.00. The summed E-state index contributed by atoms with van der Waals surface area (Å²) in [4.78, 5) is 0. The number of rotatable bonds is 8. The quantitative estimate of drug-likeness (QED) is 0.566. The molecule has 2 N–H and O–H groups in total. The molecule has 1 aliphatic heterocycles. The minimum atomic E-state index is -3.60. The van der Waals surface area contributed by atoms with Crippen molar-refractivity contribution in [1.29, 1.82) is 0 Å². The zero-order chi connectivity index (χ0) is 14.4. The summed E-state index contributed by atoms with van der Waals surface area (Å²) in [5.74, 6) is -0.250. The second-order valence-corrected chi connectivity index (χ2v) is 7.79. The Hall–Kier alpha value is -0.260. The fourth-order valence-corrected chi connectivity index (χ4v) is 3.94. The molecule has 114 valence electrons. The van der Waals surface area contributed by atoms with E-state index < -0.39 is 20.2 Å². The van der Waals surface area contributed by atoms with Gasteiger partial charge in [0.05, 0.1) is 19.0 Å². The van der Waals surface area contributed by atoms with Crippen molar-refractivity contribution in [3.8, 4) is 0 Å². The minimum Gasteiger partial charge on any atom is -0.379 e. The molecule has 8 nitrogen and oxygen atoms in total. The highest BCUT2D eigenvalue weighted by atomic mass is 32.2. The van der Waals surface area contributed by atoms with Gasteiger partial charge in [-0.15, -0.1) is 0 Å². The van der Waals surface area contributed by atoms with Crippen LogP contribution < -0.4 is 9.44 Å². The predicted octanol–water partition coefficient (Wildman–Crippen LogP) is -1.52. The Bertz CT molecular complexity index is 456. The van der Waals surface area contributed by atoms with Crippen LogP contribution in [-0.4, -0.2) is 66.3 Å². The van der Waals surface area contributed by atoms with Gasteiger partial charge in [-0.25, -0.2) is 17.9 Å². The number of nitrogens with one attached hydrogen (secondary N) is 2. The Labute approximate surface area is 114 Å². The van der Waals surface area contributed by atoms with Crippen LogP contribution in [0.4, 0.5) is 0 Å². The van der Waals surface area contributed by atoms with Crippen molar-refractivity contribution in [2.45, 2.75) is 13.3 Å². The zero-order valence-electron chi connectivity index (χ0n) is 11.0. The van der Waals surface area contributed by atoms with Gasteiger partial charge in [0.2, 0.25) is 10.0 Å². The molecule has 0 spiro atoms. The number of nitrogens with zero attached hydrogens (tertiary/aromatic N) is 1. The maximum absolute atomic E-state index is 11.9. The fourth-order valence-electron chi connectivity index (χ4n) is 1.55. The molecule has 1 aliphatic rings. The standard InChI is InChI=1S/C9H21N3O5S2/c1-2-3-10-19(15,16)11-4-9-18(13,14)12-5-7-17-8-6-12/h10-11H,2-9H2,1H3. The molecule has 0 unspecified atom stereocenters. The molecule has 0 aromatic carbocycles. The Morgan fingerprint density at radius 2 is 1.63 bits per heavy atom. The zero-order valence-corrected chi connectivity index (χ0v) is 12.6. The van der Waals surface area contributed by atoms with Crippen LogP contribution >= 0.6 is 0 Å². The SMILES string of the molecule is CCCNS(=O)(=O)NCCS(=O)(=O)N1CCOCC1. The molecule has 1 heterocycles. The van der Waals surface area contributed by atoms with E-state index in [9.17, 15) is 16.8 Å². The van der Waals surface area contributed by atoms with Gasteiger partial charge in [0.25, 0.3) is 10.2 Å². The van der Waals surface area contributed by atoms with Gasteiger partial charge in [0.15, 0.2) is 0 Å². The third-order valence-corrected chi connectivity index (χ3v) is 5.60. The monoisotopic (exact) mass is 315 g/mol. The van der Waals surface area contributed by atoms with E-state index in [1.165, 1.54) is 4.31 Å². The summed E-state index contributed by atoms with van der Waals surface area (Å²) in [7, 11) is -7.03. The van der Waals surface area contributed by atoms with Crippen LogP contribution in [0, 0.1) is 0 Å². The second kappa shape index (κ2) is 7.50. The average Bonchev–Trinajstić information content (AvgIpc) is 2.37. The second-order valence-electron chi connectivity index (χ2n) is 4.12. The van der Waals surface area contributed by atoms with Crippen molar-refractivity contribution in [3.63, 3.8) is 0 Å². The number of hydrogen-bond acceptors (Lipinski definition) is 5. The summed E-state index contributed by atoms with van der Waals surface area (Å²) in [5, 5.41) is 0. The van der Waals surface area contributed by atoms with Crippen molar-refractivity contribution >= 4 is 20.2 Å². The maximum Gasteiger partial charge on any atom is 0.276 e. The van der Waals surface area contributed by atoms with Crippen molar-refractivity contribution < 1.29 is 21.6 Å². The van der Waals surface area contributed by atoms with E-state index in [0.29, 0.717) is 39.3 Å². The highest BCUT2D eigenvalue weighted by molar-refractivity contribution is 7.89. The lowest BCUT2D eigenvalue weighted by Gasteiger charge is -2.26. The van der Waals surface area contributed by atoms with Crippen molar-refractivity contribution in [3.05, 3.63) is 0 Å². The van der Waals surface area contributed by atoms with Gasteiger partial charge in [-0.1, -0.05) is 6.92 Å². The lowest BCUT2D eigenvalue weighted by molar-refractivity contribution is 0.0730. The smallest absolute Gasteiger partial charge is 0.276 e. The highest BCUT2D eigenvalue weighted by Crippen LogP contribution is 2.04. The Morgan fingerprint density at radius 1 is 1.05 bits per heavy atom. The molecule has 0 radical (unpaired) electrons. The summed E-state index contributed by atoms with van der Waals surface area (Å²) in [6, 6.07) is 0. The van der Waals surface area contributed by atoms with Crippen molar-refractivity contribution in [1.82, 2.24) is 13.7 Å². The summed E-state index contributed by atoms with van der Waals surface area (Å²) < 4.78 is 57.5. The molecule has 0 amide bonds. The molecule has 10 heteroatoms. The number of morpholine rings is 1. The number of sulfonamides is 1. The molecule has 0 aromatic heterocycles. The van der Waals surface area contributed by atoms with Gasteiger partial charge >= 0.3 is 0 Å². The van der Waals surface area contributed by atoms with Gasteiger partial charge in [-0.05, 0) is 6.42 Å². The normalized spacial score (nSPS) is 18.6. The number of ether oxygens (including phenoxy) is 1. The summed E-state index contributed by atoms with van der Waals surface area (Å²) in [6.45, 7) is 3.42. The molecule has 1 rings (SSSR count). The van der Waals surface area contributed by atoms with Crippen LogP contribution in [-0.2, 0) is 25.0 Å². The molecule has 0 aromatic rings. The first-order chi connectivity index (χ1) is 8.87. The van der Waals surface area contributed by atoms with Crippen LogP contribution in [0.2, 0.25) is 0 Å². The molecular formula is C9H21N3O5S2. The van der Waals surface area contributed by atoms with Gasteiger partial charge < -0.3 is 4.74 Å². The molecule has 0 saturated carbocycles. The van der Waals surface area contributed by atoms with Crippen LogP contribution in [0.1, 0.15) is 13.3 Å². The van der Waals surface area contributed by atoms with E-state index in [4.69, 9.17) is 4.74 Å². The van der Waals surface area contributed by atoms with E-state index in [1.807, 2.05) is 6.92 Å². The van der Waals surface area contributed by atoms with E-state index in [0.717, 1.165) is 0 Å². The van der Waals surface area contributed by atoms with Gasteiger partial charge in [0, 0.05) is 26.2 Å². The van der Waals surface area contributed by atoms with E-state index in [2.05, 4.69) is 9.44 Å².